The van der Waals surface area contributed by atoms with Crippen LogP contribution >= 0.6 is 0 Å². The van der Waals surface area contributed by atoms with Gasteiger partial charge >= 0.3 is 5.97 Å². The van der Waals surface area contributed by atoms with Crippen molar-refractivity contribution in [2.75, 3.05) is 14.2 Å². The van der Waals surface area contributed by atoms with Crippen LogP contribution in [0.1, 0.15) is 17.5 Å². The molecule has 1 aliphatic heterocycles. The number of methoxy groups -OCH3 is 2. The third-order valence-corrected chi connectivity index (χ3v) is 3.12. The average molecular weight is 235 g/mol. The molecule has 4 nitrogen and oxygen atoms in total. The molecule has 17 heavy (non-hydrogen) atoms. The molecular weight excluding hydrogens is 218 g/mol. The number of fused-ring (bicyclic) bond motifs is 1. The molecule has 1 N–H and O–H groups in total. The van der Waals surface area contributed by atoms with Gasteiger partial charge in [-0.1, -0.05) is 12.1 Å². The number of carbonyl (C=O) groups excluding carboxylic acids is 1. The summed E-state index contributed by atoms with van der Waals surface area (Å²) in [5.74, 6) is 0.736. The number of benzene rings is 1. The molecule has 1 aromatic carbocycles. The molecule has 1 aromatic rings. The second-order valence-corrected chi connectivity index (χ2v) is 4.16. The largest absolute Gasteiger partial charge is 0.496 e. The van der Waals surface area contributed by atoms with Gasteiger partial charge in [-0.3, -0.25) is 4.79 Å². The van der Waals surface area contributed by atoms with Gasteiger partial charge in [0.05, 0.1) is 20.6 Å². The lowest BCUT2D eigenvalue weighted by atomic mass is 9.93. The van der Waals surface area contributed by atoms with Gasteiger partial charge in [0.15, 0.2) is 0 Å². The van der Waals surface area contributed by atoms with E-state index in [0.717, 1.165) is 18.7 Å². The van der Waals surface area contributed by atoms with Crippen molar-refractivity contribution in [3.8, 4) is 5.75 Å². The first-order valence-corrected chi connectivity index (χ1v) is 5.69. The molecule has 1 atom stereocenters. The minimum Gasteiger partial charge on any atom is -0.496 e. The first kappa shape index (κ1) is 11.9. The maximum absolute atomic E-state index is 11.2. The van der Waals surface area contributed by atoms with Crippen molar-refractivity contribution in [2.24, 2.45) is 0 Å². The second-order valence-electron chi connectivity index (χ2n) is 4.16. The van der Waals surface area contributed by atoms with Crippen molar-refractivity contribution >= 4 is 5.97 Å². The molecule has 0 aliphatic carbocycles. The second kappa shape index (κ2) is 5.19. The maximum Gasteiger partial charge on any atom is 0.307 e. The Hall–Kier alpha value is -1.55. The molecule has 1 aliphatic rings. The summed E-state index contributed by atoms with van der Waals surface area (Å²) in [5.41, 5.74) is 2.44. The predicted octanol–water partition coefficient (Wildman–Crippen LogP) is 1.27. The van der Waals surface area contributed by atoms with Gasteiger partial charge in [0, 0.05) is 18.2 Å². The van der Waals surface area contributed by atoms with E-state index in [1.165, 1.54) is 18.2 Å². The van der Waals surface area contributed by atoms with Crippen LogP contribution in [-0.4, -0.2) is 26.2 Å². The Morgan fingerprint density at radius 2 is 2.29 bits per heavy atom. The Labute approximate surface area is 101 Å². The number of hydrogen-bond donors (Lipinski definition) is 1. The molecule has 0 saturated heterocycles. The standard InChI is InChI=1S/C13H17NO3/c1-16-12-5-3-4-9-6-10(7-13(15)17-2)14-8-11(9)12/h3-5,10,14H,6-8H2,1-2H3. The molecule has 0 fully saturated rings. The molecule has 1 heterocycles. The minimum absolute atomic E-state index is 0.155. The van der Waals surface area contributed by atoms with Gasteiger partial charge in [-0.15, -0.1) is 0 Å². The van der Waals surface area contributed by atoms with Crippen LogP contribution < -0.4 is 10.1 Å². The van der Waals surface area contributed by atoms with Gasteiger partial charge in [0.2, 0.25) is 0 Å². The Morgan fingerprint density at radius 1 is 1.47 bits per heavy atom. The van der Waals surface area contributed by atoms with E-state index in [9.17, 15) is 4.79 Å². The van der Waals surface area contributed by atoms with E-state index >= 15 is 0 Å². The SMILES string of the molecule is COC(=O)CC1Cc2cccc(OC)c2CN1. The van der Waals surface area contributed by atoms with Crippen molar-refractivity contribution < 1.29 is 14.3 Å². The molecule has 92 valence electrons. The fourth-order valence-corrected chi connectivity index (χ4v) is 2.21. The third kappa shape index (κ3) is 2.58. The van der Waals surface area contributed by atoms with E-state index in [0.29, 0.717) is 6.42 Å². The smallest absolute Gasteiger partial charge is 0.307 e. The Bertz CT molecular complexity index is 417. The summed E-state index contributed by atoms with van der Waals surface area (Å²) in [7, 11) is 3.10. The zero-order valence-electron chi connectivity index (χ0n) is 10.2. The lowest BCUT2D eigenvalue weighted by molar-refractivity contribution is -0.141. The first-order valence-electron chi connectivity index (χ1n) is 5.69. The van der Waals surface area contributed by atoms with Crippen molar-refractivity contribution in [1.82, 2.24) is 5.32 Å². The zero-order valence-corrected chi connectivity index (χ0v) is 10.2. The highest BCUT2D eigenvalue weighted by Gasteiger charge is 2.22. The van der Waals surface area contributed by atoms with E-state index in [1.54, 1.807) is 7.11 Å². The van der Waals surface area contributed by atoms with Crippen LogP contribution in [0, 0.1) is 0 Å². The molecule has 0 spiro atoms. The van der Waals surface area contributed by atoms with Crippen LogP contribution in [0.2, 0.25) is 0 Å². The molecule has 2 rings (SSSR count). The van der Waals surface area contributed by atoms with Crippen molar-refractivity contribution in [2.45, 2.75) is 25.4 Å². The quantitative estimate of drug-likeness (QED) is 0.802. The van der Waals surface area contributed by atoms with Crippen molar-refractivity contribution in [3.05, 3.63) is 29.3 Å². The number of ether oxygens (including phenoxy) is 2. The summed E-state index contributed by atoms with van der Waals surface area (Å²) in [4.78, 5) is 11.2. The van der Waals surface area contributed by atoms with Gasteiger partial charge in [0.1, 0.15) is 5.75 Å². The van der Waals surface area contributed by atoms with Crippen molar-refractivity contribution in [3.63, 3.8) is 0 Å². The van der Waals surface area contributed by atoms with E-state index in [2.05, 4.69) is 16.1 Å². The van der Waals surface area contributed by atoms with E-state index in [4.69, 9.17) is 4.74 Å². The van der Waals surface area contributed by atoms with Crippen LogP contribution in [0.4, 0.5) is 0 Å². The van der Waals surface area contributed by atoms with Gasteiger partial charge in [0.25, 0.3) is 0 Å². The van der Waals surface area contributed by atoms with Crippen LogP contribution in [-0.2, 0) is 22.5 Å². The van der Waals surface area contributed by atoms with E-state index in [1.807, 2.05) is 12.1 Å². The number of carbonyl (C=O) groups is 1. The summed E-state index contributed by atoms with van der Waals surface area (Å²) in [6.07, 6.45) is 1.24. The number of rotatable bonds is 3. The number of hydrogen-bond acceptors (Lipinski definition) is 4. The molecule has 1 unspecified atom stereocenters. The van der Waals surface area contributed by atoms with Crippen LogP contribution in [0.15, 0.2) is 18.2 Å². The fourth-order valence-electron chi connectivity index (χ4n) is 2.21. The van der Waals surface area contributed by atoms with Gasteiger partial charge in [-0.25, -0.2) is 0 Å². The van der Waals surface area contributed by atoms with Crippen LogP contribution in [0.3, 0.4) is 0 Å². The maximum atomic E-state index is 11.2. The van der Waals surface area contributed by atoms with Crippen LogP contribution in [0.5, 0.6) is 5.75 Å². The number of esters is 1. The molecule has 0 aromatic heterocycles. The highest BCUT2D eigenvalue weighted by molar-refractivity contribution is 5.70. The Kier molecular flexibility index (Phi) is 3.64. The summed E-state index contributed by atoms with van der Waals surface area (Å²) in [6.45, 7) is 0.737. The highest BCUT2D eigenvalue weighted by atomic mass is 16.5. The highest BCUT2D eigenvalue weighted by Crippen LogP contribution is 2.26. The lowest BCUT2D eigenvalue weighted by Gasteiger charge is -2.26. The van der Waals surface area contributed by atoms with Gasteiger partial charge in [-0.05, 0) is 18.1 Å². The summed E-state index contributed by atoms with van der Waals surface area (Å²) in [6, 6.07) is 6.18. The Morgan fingerprint density at radius 3 is 3.00 bits per heavy atom. The molecule has 0 amide bonds. The zero-order chi connectivity index (χ0) is 12.3. The van der Waals surface area contributed by atoms with Gasteiger partial charge < -0.3 is 14.8 Å². The summed E-state index contributed by atoms with van der Waals surface area (Å²) < 4.78 is 10.0. The fraction of sp³-hybridized carbons (Fsp3) is 0.462. The minimum atomic E-state index is -0.172. The normalized spacial score (nSPS) is 18.4. The third-order valence-electron chi connectivity index (χ3n) is 3.12. The molecule has 4 heteroatoms. The summed E-state index contributed by atoms with van der Waals surface area (Å²) in [5, 5.41) is 3.33. The average Bonchev–Trinajstić information content (AvgIpc) is 2.37. The molecule has 0 radical (unpaired) electrons. The molecular formula is C13H17NO3. The number of nitrogens with one attached hydrogen (secondary N) is 1. The molecule has 0 bridgehead atoms. The Balaban J connectivity index is 2.11. The van der Waals surface area contributed by atoms with E-state index < -0.39 is 0 Å². The first-order chi connectivity index (χ1) is 8.24. The van der Waals surface area contributed by atoms with Crippen molar-refractivity contribution in [1.29, 1.82) is 0 Å². The molecule has 0 saturated carbocycles. The van der Waals surface area contributed by atoms with Crippen LogP contribution in [0.25, 0.3) is 0 Å². The summed E-state index contributed by atoms with van der Waals surface area (Å²) >= 11 is 0. The monoisotopic (exact) mass is 235 g/mol. The lowest BCUT2D eigenvalue weighted by Crippen LogP contribution is -2.37. The predicted molar refractivity (Wildman–Crippen MR) is 64.0 cm³/mol. The van der Waals surface area contributed by atoms with Gasteiger partial charge in [-0.2, -0.15) is 0 Å². The topological polar surface area (TPSA) is 47.6 Å². The van der Waals surface area contributed by atoms with E-state index in [-0.39, 0.29) is 12.0 Å².